The van der Waals surface area contributed by atoms with E-state index in [1.54, 1.807) is 23.5 Å². The van der Waals surface area contributed by atoms with E-state index in [0.29, 0.717) is 84.5 Å². The fourth-order valence-corrected chi connectivity index (χ4v) is 14.3. The summed E-state index contributed by atoms with van der Waals surface area (Å²) in [5.41, 5.74) is 5.85. The van der Waals surface area contributed by atoms with E-state index >= 15 is 0 Å². The van der Waals surface area contributed by atoms with Gasteiger partial charge in [0.05, 0.1) is 51.8 Å². The second kappa shape index (κ2) is 40.0. The van der Waals surface area contributed by atoms with E-state index < -0.39 is 21.4 Å². The predicted octanol–water partition coefficient (Wildman–Crippen LogP) is 9.52. The van der Waals surface area contributed by atoms with Crippen molar-refractivity contribution in [2.75, 3.05) is 90.7 Å². The zero-order valence-electron chi connectivity index (χ0n) is 51.5. The zero-order chi connectivity index (χ0) is 60.7. The molecule has 4 N–H and O–H groups in total. The lowest BCUT2D eigenvalue weighted by Crippen LogP contribution is -2.40. The van der Waals surface area contributed by atoms with Gasteiger partial charge in [0.25, 0.3) is 0 Å². The smallest absolute Gasteiger partial charge is 0.242 e. The Balaban J connectivity index is 1.57. The van der Waals surface area contributed by atoms with Crippen molar-refractivity contribution in [3.8, 4) is 0 Å². The van der Waals surface area contributed by atoms with Crippen molar-refractivity contribution in [2.24, 2.45) is 28.9 Å². The summed E-state index contributed by atoms with van der Waals surface area (Å²) in [6.07, 6.45) is 14.3. The minimum atomic E-state index is -0.519. The number of imide groups is 2. The van der Waals surface area contributed by atoms with Gasteiger partial charge in [-0.2, -0.15) is 0 Å². The summed E-state index contributed by atoms with van der Waals surface area (Å²) >= 11 is 3.13. The van der Waals surface area contributed by atoms with Crippen LogP contribution in [0.25, 0.3) is 0 Å². The molecule has 2 heterocycles. The molecule has 81 heavy (non-hydrogen) atoms. The summed E-state index contributed by atoms with van der Waals surface area (Å²) in [6, 6.07) is 0. The molecule has 0 spiro atoms. The van der Waals surface area contributed by atoms with Gasteiger partial charge in [-0.3, -0.25) is 38.6 Å². The number of nitrogens with one attached hydrogen (secondary N) is 2. The number of thioether (sulfide) groups is 2. The standard InChI is InChI=1S/C58H111N5O12P4S2/c1-11-72-55(7,76)38-44(57(9,78)73-12-2)40-70-32-22-28-60-48(64)26-30-62-50(66)36-46(52(62)68)80-34-20-16-14-18-24-43(54(4,5)6)25-19-15-17-21-35-81-47-37-51(67)63(53(47)69)31-27-49(65)61-29-23-33-71-41-45(58(10,79)74-13-3)39-56(8,77)75-42-59/h43-47H,11-42,59,76-79H2,1-10H3,(H,60,64)(H,61,65). The van der Waals surface area contributed by atoms with Crippen molar-refractivity contribution in [3.05, 3.63) is 0 Å². The van der Waals surface area contributed by atoms with Crippen LogP contribution in [-0.4, -0.2) is 168 Å². The van der Waals surface area contributed by atoms with Gasteiger partial charge in [0.15, 0.2) is 0 Å². The monoisotopic (exact) mass is 1260 g/mol. The Bertz CT molecular complexity index is 1750. The van der Waals surface area contributed by atoms with E-state index in [1.165, 1.54) is 29.1 Å². The fraction of sp³-hybridized carbons (Fsp3) is 0.897. The molecule has 0 radical (unpaired) electrons. The normalized spacial score (nSPS) is 20.2. The molecule has 0 aromatic heterocycles. The molecular weight excluding hydrogens is 1150 g/mol. The number of carbonyl (C=O) groups excluding carboxylic acids is 6. The fourth-order valence-electron chi connectivity index (χ4n) is 10.4. The van der Waals surface area contributed by atoms with Crippen LogP contribution in [0.3, 0.4) is 0 Å². The third-order valence-corrected chi connectivity index (χ3v) is 19.9. The van der Waals surface area contributed by atoms with Crippen LogP contribution in [0.5, 0.6) is 0 Å². The molecule has 0 aromatic rings. The largest absolute Gasteiger partial charge is 0.381 e. The van der Waals surface area contributed by atoms with E-state index in [2.05, 4.69) is 68.4 Å². The molecule has 23 heteroatoms. The summed E-state index contributed by atoms with van der Waals surface area (Å²) in [6.45, 7) is 25.8. The molecular formula is C58H111N5O12P4S2. The number of amides is 6. The molecule has 0 aromatic carbocycles. The molecule has 2 aliphatic heterocycles. The minimum Gasteiger partial charge on any atom is -0.381 e. The maximum absolute atomic E-state index is 13.1. The van der Waals surface area contributed by atoms with Crippen molar-refractivity contribution < 1.29 is 57.2 Å². The molecule has 17 nitrogen and oxygen atoms in total. The van der Waals surface area contributed by atoms with Gasteiger partial charge in [-0.1, -0.05) is 59.3 Å². The topological polar surface area (TPSA) is 214 Å². The zero-order valence-corrected chi connectivity index (χ0v) is 57.8. The number of nitrogens with zero attached hydrogens (tertiary/aromatic N) is 2. The van der Waals surface area contributed by atoms with Crippen LogP contribution < -0.4 is 16.4 Å². The van der Waals surface area contributed by atoms with Crippen LogP contribution >= 0.6 is 60.5 Å². The Hall–Kier alpha value is -0.640. The van der Waals surface area contributed by atoms with Gasteiger partial charge in [-0.15, -0.1) is 60.5 Å². The third kappa shape index (κ3) is 31.2. The van der Waals surface area contributed by atoms with Gasteiger partial charge in [-0.05, 0) is 123 Å². The Kier molecular flexibility index (Phi) is 37.8. The van der Waals surface area contributed by atoms with Gasteiger partial charge < -0.3 is 44.8 Å². The molecule has 13 unspecified atom stereocenters. The number of hydrogen-bond donors (Lipinski definition) is 3. The van der Waals surface area contributed by atoms with Crippen LogP contribution in [-0.2, 0) is 57.2 Å². The Morgan fingerprint density at radius 3 is 1.32 bits per heavy atom. The average molecular weight is 1260 g/mol. The predicted molar refractivity (Wildman–Crippen MR) is 344 cm³/mol. The molecule has 2 fully saturated rings. The number of ether oxygens (including phenoxy) is 6. The van der Waals surface area contributed by atoms with Crippen LogP contribution in [0.1, 0.15) is 185 Å². The van der Waals surface area contributed by atoms with Crippen molar-refractivity contribution in [1.82, 2.24) is 20.4 Å². The van der Waals surface area contributed by atoms with E-state index in [-0.39, 0.29) is 109 Å². The molecule has 2 saturated heterocycles. The second-order valence-electron chi connectivity index (χ2n) is 23.8. The third-order valence-electron chi connectivity index (χ3n) is 15.2. The number of unbranched alkanes of at least 4 members (excludes halogenated alkanes) is 6. The van der Waals surface area contributed by atoms with Crippen molar-refractivity contribution in [2.45, 2.75) is 217 Å². The number of likely N-dealkylation sites (tertiary alicyclic amines) is 2. The summed E-state index contributed by atoms with van der Waals surface area (Å²) < 4.78 is 35.6. The molecule has 2 aliphatic rings. The van der Waals surface area contributed by atoms with Crippen molar-refractivity contribution in [3.63, 3.8) is 0 Å². The summed E-state index contributed by atoms with van der Waals surface area (Å²) in [5.74, 6) is 1.21. The van der Waals surface area contributed by atoms with E-state index in [0.717, 1.165) is 62.9 Å². The quantitative estimate of drug-likeness (QED) is 0.0224. The first-order valence-electron chi connectivity index (χ1n) is 30.1. The summed E-state index contributed by atoms with van der Waals surface area (Å²) in [4.78, 5) is 79.7. The van der Waals surface area contributed by atoms with Gasteiger partial charge in [0.1, 0.15) is 0 Å². The highest BCUT2D eigenvalue weighted by Crippen LogP contribution is 2.41. The lowest BCUT2D eigenvalue weighted by atomic mass is 9.75. The molecule has 2 rings (SSSR count). The highest BCUT2D eigenvalue weighted by molar-refractivity contribution is 8.00. The van der Waals surface area contributed by atoms with Crippen LogP contribution in [0.15, 0.2) is 0 Å². The van der Waals surface area contributed by atoms with Crippen LogP contribution in [0.4, 0.5) is 0 Å². The lowest BCUT2D eigenvalue weighted by Gasteiger charge is -2.38. The Morgan fingerprint density at radius 1 is 0.568 bits per heavy atom. The first-order valence-corrected chi connectivity index (χ1v) is 34.6. The lowest BCUT2D eigenvalue weighted by molar-refractivity contribution is -0.140. The van der Waals surface area contributed by atoms with Crippen LogP contribution in [0, 0.1) is 23.2 Å². The highest BCUT2D eigenvalue weighted by Gasteiger charge is 2.41. The SMILES string of the molecule is CCOC(C)(P)CC(COCCCNC(=O)CCN1C(=O)CC(SCCCCCCC(CCCCCCSC2CC(=O)N(CCC(=O)NCCCOCC(CC(C)(P)OCN)C(C)(P)OCC)C2=O)C(C)(C)C)C1=O)C(C)(P)OCC. The van der Waals surface area contributed by atoms with E-state index in [4.69, 9.17) is 34.2 Å². The van der Waals surface area contributed by atoms with Gasteiger partial charge in [0, 0.05) is 96.7 Å². The molecule has 472 valence electrons. The molecule has 0 saturated carbocycles. The minimum absolute atomic E-state index is 0.0156. The highest BCUT2D eigenvalue weighted by atomic mass is 32.2. The Morgan fingerprint density at radius 2 is 0.951 bits per heavy atom. The number of rotatable bonds is 48. The maximum Gasteiger partial charge on any atom is 0.242 e. The van der Waals surface area contributed by atoms with Crippen LogP contribution in [0.2, 0.25) is 0 Å². The number of hydrogen-bond acceptors (Lipinski definition) is 15. The van der Waals surface area contributed by atoms with Gasteiger partial charge in [-0.25, -0.2) is 0 Å². The summed E-state index contributed by atoms with van der Waals surface area (Å²) in [5, 5.41) is 3.15. The summed E-state index contributed by atoms with van der Waals surface area (Å²) in [7, 11) is 11.1. The molecule has 0 aliphatic carbocycles. The Labute approximate surface area is 507 Å². The van der Waals surface area contributed by atoms with Crippen molar-refractivity contribution in [1.29, 1.82) is 0 Å². The maximum atomic E-state index is 13.1. The molecule has 0 bridgehead atoms. The van der Waals surface area contributed by atoms with E-state index in [9.17, 15) is 28.8 Å². The second-order valence-corrected chi connectivity index (χ2v) is 31.2. The van der Waals surface area contributed by atoms with Gasteiger partial charge >= 0.3 is 0 Å². The first-order chi connectivity index (χ1) is 38.1. The average Bonchev–Trinajstić information content (AvgIpc) is 3.80. The van der Waals surface area contributed by atoms with Crippen molar-refractivity contribution >= 4 is 95.9 Å². The first kappa shape index (κ1) is 76.5. The molecule has 13 atom stereocenters. The van der Waals surface area contributed by atoms with Gasteiger partial charge in [0.2, 0.25) is 35.4 Å². The number of carbonyl (C=O) groups is 6. The number of nitrogens with two attached hydrogens (primary N) is 1. The van der Waals surface area contributed by atoms with E-state index in [1.807, 2.05) is 48.5 Å². The molecule has 6 amide bonds.